The number of ether oxygens (including phenoxy) is 1. The van der Waals surface area contributed by atoms with Gasteiger partial charge in [-0.15, -0.1) is 20.4 Å². The van der Waals surface area contributed by atoms with Crippen LogP contribution in [0.1, 0.15) is 12.6 Å². The summed E-state index contributed by atoms with van der Waals surface area (Å²) in [6.45, 7) is 3.01. The Morgan fingerprint density at radius 2 is 1.96 bits per heavy atom. The van der Waals surface area contributed by atoms with Gasteiger partial charge in [0.05, 0.1) is 6.20 Å². The van der Waals surface area contributed by atoms with Crippen molar-refractivity contribution in [1.29, 1.82) is 0 Å². The van der Waals surface area contributed by atoms with Crippen LogP contribution in [0.3, 0.4) is 0 Å². The number of rotatable bonds is 5. The first kappa shape index (κ1) is 15.4. The zero-order valence-electron chi connectivity index (χ0n) is 14.3. The SMILES string of the molecule is CCn1cc(COc2nn3c(-c4ccon4)nnc3c3ccccc23)nn1. The van der Waals surface area contributed by atoms with Crippen LogP contribution in [0.25, 0.3) is 27.9 Å². The first-order chi connectivity index (χ1) is 13.3. The highest BCUT2D eigenvalue weighted by Gasteiger charge is 2.17. The lowest BCUT2D eigenvalue weighted by Crippen LogP contribution is -2.03. The zero-order valence-corrected chi connectivity index (χ0v) is 14.3. The molecule has 0 aliphatic heterocycles. The summed E-state index contributed by atoms with van der Waals surface area (Å²) < 4.78 is 14.2. The summed E-state index contributed by atoms with van der Waals surface area (Å²) in [6, 6.07) is 9.45. The molecule has 0 bridgehead atoms. The molecule has 0 unspecified atom stereocenters. The minimum Gasteiger partial charge on any atom is -0.470 e. The van der Waals surface area contributed by atoms with Gasteiger partial charge in [0, 0.05) is 23.4 Å². The third-order valence-electron chi connectivity index (χ3n) is 4.16. The van der Waals surface area contributed by atoms with Crippen molar-refractivity contribution in [3.8, 4) is 17.4 Å². The second-order valence-electron chi connectivity index (χ2n) is 5.85. The van der Waals surface area contributed by atoms with Crippen molar-refractivity contribution >= 4 is 16.4 Å². The molecule has 1 aromatic carbocycles. The Morgan fingerprint density at radius 1 is 1.07 bits per heavy atom. The van der Waals surface area contributed by atoms with Crippen LogP contribution in [0, 0.1) is 0 Å². The Labute approximate surface area is 152 Å². The Hall–Kier alpha value is -3.82. The van der Waals surface area contributed by atoms with Crippen LogP contribution in [0.4, 0.5) is 0 Å². The lowest BCUT2D eigenvalue weighted by molar-refractivity contribution is 0.289. The summed E-state index contributed by atoms with van der Waals surface area (Å²) >= 11 is 0. The molecule has 0 atom stereocenters. The van der Waals surface area contributed by atoms with Crippen LogP contribution in [-0.4, -0.2) is 40.0 Å². The summed E-state index contributed by atoms with van der Waals surface area (Å²) in [5, 5.41) is 26.8. The van der Waals surface area contributed by atoms with Gasteiger partial charge < -0.3 is 9.26 Å². The van der Waals surface area contributed by atoms with Gasteiger partial charge in [-0.2, -0.15) is 4.52 Å². The van der Waals surface area contributed by atoms with Crippen molar-refractivity contribution in [2.75, 3.05) is 0 Å². The van der Waals surface area contributed by atoms with Gasteiger partial charge in [0.25, 0.3) is 0 Å². The highest BCUT2D eigenvalue weighted by molar-refractivity contribution is 5.96. The van der Waals surface area contributed by atoms with Crippen LogP contribution in [0.5, 0.6) is 5.88 Å². The quantitative estimate of drug-likeness (QED) is 0.468. The van der Waals surface area contributed by atoms with Gasteiger partial charge in [0.15, 0.2) is 11.3 Å². The van der Waals surface area contributed by atoms with Gasteiger partial charge in [-0.1, -0.05) is 28.6 Å². The van der Waals surface area contributed by atoms with E-state index < -0.39 is 0 Å². The number of hydrogen-bond donors (Lipinski definition) is 0. The number of aromatic nitrogens is 8. The van der Waals surface area contributed by atoms with Gasteiger partial charge in [0.1, 0.15) is 18.6 Å². The largest absolute Gasteiger partial charge is 0.470 e. The molecular weight excluding hydrogens is 348 g/mol. The molecule has 0 amide bonds. The Morgan fingerprint density at radius 3 is 2.74 bits per heavy atom. The fourth-order valence-corrected chi connectivity index (χ4v) is 2.85. The van der Waals surface area contributed by atoms with E-state index in [1.165, 1.54) is 6.26 Å². The van der Waals surface area contributed by atoms with Crippen molar-refractivity contribution in [2.45, 2.75) is 20.1 Å². The number of hydrogen-bond acceptors (Lipinski definition) is 8. The molecule has 0 saturated heterocycles. The van der Waals surface area contributed by atoms with Crippen LogP contribution in [0.2, 0.25) is 0 Å². The van der Waals surface area contributed by atoms with E-state index in [9.17, 15) is 0 Å². The van der Waals surface area contributed by atoms with Gasteiger partial charge in [-0.05, 0) is 13.0 Å². The van der Waals surface area contributed by atoms with E-state index in [1.54, 1.807) is 15.3 Å². The minimum atomic E-state index is 0.254. The van der Waals surface area contributed by atoms with Crippen molar-refractivity contribution in [2.24, 2.45) is 0 Å². The Kier molecular flexibility index (Phi) is 3.52. The van der Waals surface area contributed by atoms with Crippen LogP contribution >= 0.6 is 0 Å². The highest BCUT2D eigenvalue weighted by Crippen LogP contribution is 2.28. The average molecular weight is 362 g/mol. The second-order valence-corrected chi connectivity index (χ2v) is 5.85. The summed E-state index contributed by atoms with van der Waals surface area (Å²) in [6.07, 6.45) is 3.33. The number of benzene rings is 1. The lowest BCUT2D eigenvalue weighted by atomic mass is 10.2. The molecule has 0 aliphatic rings. The van der Waals surface area contributed by atoms with E-state index in [1.807, 2.05) is 37.4 Å². The molecule has 0 radical (unpaired) electrons. The van der Waals surface area contributed by atoms with E-state index in [0.717, 1.165) is 23.0 Å². The molecule has 0 saturated carbocycles. The van der Waals surface area contributed by atoms with Crippen LogP contribution in [0.15, 0.2) is 47.3 Å². The van der Waals surface area contributed by atoms with E-state index in [2.05, 4.69) is 30.8 Å². The smallest absolute Gasteiger partial charge is 0.240 e. The Balaban J connectivity index is 1.62. The zero-order chi connectivity index (χ0) is 18.2. The summed E-state index contributed by atoms with van der Waals surface area (Å²) in [7, 11) is 0. The van der Waals surface area contributed by atoms with Crippen molar-refractivity contribution in [1.82, 2.24) is 40.0 Å². The third kappa shape index (κ3) is 2.58. The highest BCUT2D eigenvalue weighted by atomic mass is 16.5. The third-order valence-corrected chi connectivity index (χ3v) is 4.16. The van der Waals surface area contributed by atoms with E-state index in [4.69, 9.17) is 9.26 Å². The molecule has 10 heteroatoms. The molecule has 5 aromatic rings. The molecule has 10 nitrogen and oxygen atoms in total. The molecular formula is C17H14N8O2. The summed E-state index contributed by atoms with van der Waals surface area (Å²) in [4.78, 5) is 0. The second kappa shape index (κ2) is 6.16. The maximum absolute atomic E-state index is 5.97. The molecule has 134 valence electrons. The summed E-state index contributed by atoms with van der Waals surface area (Å²) in [5.41, 5.74) is 1.89. The first-order valence-electron chi connectivity index (χ1n) is 8.40. The molecule has 27 heavy (non-hydrogen) atoms. The van der Waals surface area contributed by atoms with Gasteiger partial charge in [-0.25, -0.2) is 0 Å². The van der Waals surface area contributed by atoms with Crippen molar-refractivity contribution < 1.29 is 9.26 Å². The number of fused-ring (bicyclic) bond motifs is 3. The van der Waals surface area contributed by atoms with Crippen LogP contribution < -0.4 is 4.74 Å². The van der Waals surface area contributed by atoms with E-state index in [0.29, 0.717) is 23.0 Å². The molecule has 0 aliphatic carbocycles. The molecule has 5 rings (SSSR count). The standard InChI is InChI=1S/C17H14N8O2/c1-2-24-9-11(18-23-24)10-26-17-13-6-4-3-5-12(13)15-19-20-16(25(15)21-17)14-7-8-27-22-14/h3-9H,2,10H2,1H3. The number of aryl methyl sites for hydroxylation is 1. The molecule has 0 N–H and O–H groups in total. The monoisotopic (exact) mass is 362 g/mol. The predicted molar refractivity (Wildman–Crippen MR) is 93.8 cm³/mol. The maximum atomic E-state index is 5.97. The average Bonchev–Trinajstić information content (AvgIpc) is 3.45. The van der Waals surface area contributed by atoms with Gasteiger partial charge in [-0.3, -0.25) is 4.68 Å². The molecule has 0 fully saturated rings. The summed E-state index contributed by atoms with van der Waals surface area (Å²) in [5.74, 6) is 0.931. The van der Waals surface area contributed by atoms with E-state index >= 15 is 0 Å². The van der Waals surface area contributed by atoms with E-state index in [-0.39, 0.29) is 6.61 Å². The fourth-order valence-electron chi connectivity index (χ4n) is 2.85. The van der Waals surface area contributed by atoms with Gasteiger partial charge in [0.2, 0.25) is 11.7 Å². The van der Waals surface area contributed by atoms with Gasteiger partial charge >= 0.3 is 0 Å². The maximum Gasteiger partial charge on any atom is 0.240 e. The topological polar surface area (TPSA) is 109 Å². The fraction of sp³-hybridized carbons (Fsp3) is 0.176. The van der Waals surface area contributed by atoms with Crippen LogP contribution in [-0.2, 0) is 13.2 Å². The molecule has 0 spiro atoms. The lowest BCUT2D eigenvalue weighted by Gasteiger charge is -2.08. The predicted octanol–water partition coefficient (Wildman–Crippen LogP) is 2.12. The van der Waals surface area contributed by atoms with Crippen molar-refractivity contribution in [3.63, 3.8) is 0 Å². The molecule has 4 aromatic heterocycles. The number of nitrogens with zero attached hydrogens (tertiary/aromatic N) is 8. The minimum absolute atomic E-state index is 0.254. The molecule has 4 heterocycles. The van der Waals surface area contributed by atoms with Crippen molar-refractivity contribution in [3.05, 3.63) is 48.5 Å². The normalized spacial score (nSPS) is 11.4. The first-order valence-corrected chi connectivity index (χ1v) is 8.40. The Bertz CT molecular complexity index is 1220.